The zero-order valence-corrected chi connectivity index (χ0v) is 14.3. The molecule has 2 aromatic rings. The number of guanidine groups is 1. The van der Waals surface area contributed by atoms with Gasteiger partial charge in [0.05, 0.1) is 11.0 Å². The molecule has 0 atom stereocenters. The second-order valence-electron chi connectivity index (χ2n) is 4.49. The van der Waals surface area contributed by atoms with Crippen LogP contribution >= 0.6 is 24.0 Å². The Hall–Kier alpha value is -1.31. The number of para-hydroxylation sites is 2. The Balaban J connectivity index is 0.00000200. The number of nitrogens with one attached hydrogen (secondary N) is 1. The number of halogens is 1. The standard InChI is InChI=1S/C14H21N5.HI/c1-3-8-16-14(15)17-9-10-19-11(2)18-12-6-4-5-7-13(12)19;/h4-7H,3,8-10H2,1-2H3,(H3,15,16,17);1H. The predicted molar refractivity (Wildman–Crippen MR) is 94.7 cm³/mol. The number of hydrogen-bond donors (Lipinski definition) is 2. The summed E-state index contributed by atoms with van der Waals surface area (Å²) in [4.78, 5) is 8.74. The van der Waals surface area contributed by atoms with Crippen molar-refractivity contribution in [3.8, 4) is 0 Å². The van der Waals surface area contributed by atoms with Gasteiger partial charge in [-0.15, -0.1) is 24.0 Å². The summed E-state index contributed by atoms with van der Waals surface area (Å²) in [6.07, 6.45) is 1.01. The topological polar surface area (TPSA) is 68.2 Å². The van der Waals surface area contributed by atoms with E-state index in [1.165, 1.54) is 0 Å². The lowest BCUT2D eigenvalue weighted by molar-refractivity contribution is 0.668. The van der Waals surface area contributed by atoms with Gasteiger partial charge in [-0.2, -0.15) is 0 Å². The van der Waals surface area contributed by atoms with E-state index in [4.69, 9.17) is 5.73 Å². The van der Waals surface area contributed by atoms with Gasteiger partial charge in [-0.05, 0) is 25.5 Å². The molecule has 0 bridgehead atoms. The van der Waals surface area contributed by atoms with Crippen LogP contribution in [-0.2, 0) is 6.54 Å². The Labute approximate surface area is 136 Å². The SMILES string of the molecule is CCCN=C(N)NCCn1c(C)nc2ccccc21.I. The minimum absolute atomic E-state index is 0. The smallest absolute Gasteiger partial charge is 0.188 e. The molecule has 0 fully saturated rings. The lowest BCUT2D eigenvalue weighted by atomic mass is 10.3. The van der Waals surface area contributed by atoms with Crippen LogP contribution in [0, 0.1) is 6.92 Å². The van der Waals surface area contributed by atoms with Gasteiger partial charge in [0.15, 0.2) is 5.96 Å². The van der Waals surface area contributed by atoms with Gasteiger partial charge in [0.2, 0.25) is 0 Å². The van der Waals surface area contributed by atoms with E-state index < -0.39 is 0 Å². The summed E-state index contributed by atoms with van der Waals surface area (Å²) in [7, 11) is 0. The Bertz CT molecular complexity index is 576. The highest BCUT2D eigenvalue weighted by molar-refractivity contribution is 14.0. The van der Waals surface area contributed by atoms with Gasteiger partial charge < -0.3 is 15.6 Å². The Kier molecular flexibility index (Phi) is 6.77. The lowest BCUT2D eigenvalue weighted by Gasteiger charge is -2.08. The Morgan fingerprint density at radius 2 is 2.15 bits per heavy atom. The molecule has 0 aliphatic heterocycles. The lowest BCUT2D eigenvalue weighted by Crippen LogP contribution is -2.34. The molecular weight excluding hydrogens is 365 g/mol. The minimum atomic E-state index is 0. The van der Waals surface area contributed by atoms with Gasteiger partial charge in [0, 0.05) is 19.6 Å². The van der Waals surface area contributed by atoms with Crippen LogP contribution in [0.15, 0.2) is 29.3 Å². The minimum Gasteiger partial charge on any atom is -0.370 e. The Morgan fingerprint density at radius 3 is 2.90 bits per heavy atom. The summed E-state index contributed by atoms with van der Waals surface area (Å²) < 4.78 is 2.19. The van der Waals surface area contributed by atoms with E-state index in [2.05, 4.69) is 32.9 Å². The first-order valence-corrected chi connectivity index (χ1v) is 6.68. The molecule has 0 radical (unpaired) electrons. The van der Waals surface area contributed by atoms with Crippen molar-refractivity contribution in [2.75, 3.05) is 13.1 Å². The van der Waals surface area contributed by atoms with Gasteiger partial charge in [0.25, 0.3) is 0 Å². The molecule has 0 aliphatic rings. The fraction of sp³-hybridized carbons (Fsp3) is 0.429. The molecule has 2 rings (SSSR count). The molecule has 0 spiro atoms. The van der Waals surface area contributed by atoms with Gasteiger partial charge in [0.1, 0.15) is 5.82 Å². The van der Waals surface area contributed by atoms with E-state index in [1.807, 2.05) is 25.1 Å². The third-order valence-corrected chi connectivity index (χ3v) is 2.99. The number of aryl methyl sites for hydroxylation is 1. The number of aromatic nitrogens is 2. The highest BCUT2D eigenvalue weighted by Crippen LogP contribution is 2.14. The first kappa shape index (κ1) is 16.7. The molecule has 0 saturated heterocycles. The molecule has 5 nitrogen and oxygen atoms in total. The van der Waals surface area contributed by atoms with E-state index in [1.54, 1.807) is 0 Å². The fourth-order valence-corrected chi connectivity index (χ4v) is 2.06. The largest absolute Gasteiger partial charge is 0.370 e. The van der Waals surface area contributed by atoms with Crippen molar-refractivity contribution in [1.29, 1.82) is 0 Å². The second-order valence-corrected chi connectivity index (χ2v) is 4.49. The van der Waals surface area contributed by atoms with Gasteiger partial charge >= 0.3 is 0 Å². The monoisotopic (exact) mass is 387 g/mol. The average Bonchev–Trinajstić information content (AvgIpc) is 2.73. The second kappa shape index (κ2) is 8.08. The van der Waals surface area contributed by atoms with Crippen LogP contribution in [0.3, 0.4) is 0 Å². The van der Waals surface area contributed by atoms with Gasteiger partial charge in [-0.3, -0.25) is 4.99 Å². The quantitative estimate of drug-likeness (QED) is 0.470. The molecule has 0 aliphatic carbocycles. The van der Waals surface area contributed by atoms with E-state index >= 15 is 0 Å². The third kappa shape index (κ3) is 4.09. The summed E-state index contributed by atoms with van der Waals surface area (Å²) in [5.41, 5.74) is 7.96. The number of imidazole rings is 1. The average molecular weight is 387 g/mol. The third-order valence-electron chi connectivity index (χ3n) is 2.99. The van der Waals surface area contributed by atoms with Crippen LogP contribution in [0.2, 0.25) is 0 Å². The molecule has 1 aromatic carbocycles. The van der Waals surface area contributed by atoms with Crippen molar-refractivity contribution >= 4 is 41.0 Å². The van der Waals surface area contributed by atoms with Crippen LogP contribution in [-0.4, -0.2) is 28.6 Å². The molecule has 110 valence electrons. The maximum atomic E-state index is 5.76. The number of nitrogens with zero attached hydrogens (tertiary/aromatic N) is 3. The van der Waals surface area contributed by atoms with Crippen molar-refractivity contribution < 1.29 is 0 Å². The van der Waals surface area contributed by atoms with Crippen molar-refractivity contribution in [3.05, 3.63) is 30.1 Å². The molecule has 3 N–H and O–H groups in total. The molecular formula is C14H22IN5. The van der Waals surface area contributed by atoms with Crippen LogP contribution in [0.1, 0.15) is 19.2 Å². The van der Waals surface area contributed by atoms with Crippen LogP contribution in [0.25, 0.3) is 11.0 Å². The highest BCUT2D eigenvalue weighted by Gasteiger charge is 2.05. The van der Waals surface area contributed by atoms with Crippen molar-refractivity contribution in [1.82, 2.24) is 14.9 Å². The molecule has 6 heteroatoms. The fourth-order valence-electron chi connectivity index (χ4n) is 2.06. The number of aliphatic imine (C=N–C) groups is 1. The number of rotatable bonds is 5. The molecule has 0 unspecified atom stereocenters. The zero-order chi connectivity index (χ0) is 13.7. The first-order chi connectivity index (χ1) is 9.22. The van der Waals surface area contributed by atoms with Gasteiger partial charge in [-0.1, -0.05) is 19.1 Å². The van der Waals surface area contributed by atoms with Crippen LogP contribution in [0.5, 0.6) is 0 Å². The van der Waals surface area contributed by atoms with E-state index in [9.17, 15) is 0 Å². The number of benzene rings is 1. The van der Waals surface area contributed by atoms with E-state index in [-0.39, 0.29) is 24.0 Å². The zero-order valence-electron chi connectivity index (χ0n) is 12.0. The summed E-state index contributed by atoms with van der Waals surface area (Å²) in [6.45, 7) is 6.45. The maximum Gasteiger partial charge on any atom is 0.188 e. The van der Waals surface area contributed by atoms with Gasteiger partial charge in [-0.25, -0.2) is 4.98 Å². The molecule has 20 heavy (non-hydrogen) atoms. The number of hydrogen-bond acceptors (Lipinski definition) is 2. The molecule has 0 amide bonds. The number of nitrogens with two attached hydrogens (primary N) is 1. The van der Waals surface area contributed by atoms with Crippen LogP contribution < -0.4 is 11.1 Å². The predicted octanol–water partition coefficient (Wildman–Crippen LogP) is 2.28. The molecule has 0 saturated carbocycles. The number of fused-ring (bicyclic) bond motifs is 1. The summed E-state index contributed by atoms with van der Waals surface area (Å²) in [5.74, 6) is 1.54. The van der Waals surface area contributed by atoms with E-state index in [0.29, 0.717) is 5.96 Å². The highest BCUT2D eigenvalue weighted by atomic mass is 127. The first-order valence-electron chi connectivity index (χ1n) is 6.68. The summed E-state index contributed by atoms with van der Waals surface area (Å²) in [6, 6.07) is 8.16. The van der Waals surface area contributed by atoms with Crippen LogP contribution in [0.4, 0.5) is 0 Å². The molecule has 1 heterocycles. The summed E-state index contributed by atoms with van der Waals surface area (Å²) >= 11 is 0. The summed E-state index contributed by atoms with van der Waals surface area (Å²) in [5, 5.41) is 3.13. The Morgan fingerprint density at radius 1 is 1.40 bits per heavy atom. The maximum absolute atomic E-state index is 5.76. The molecule has 1 aromatic heterocycles. The van der Waals surface area contributed by atoms with Crippen molar-refractivity contribution in [2.24, 2.45) is 10.7 Å². The van der Waals surface area contributed by atoms with Crippen molar-refractivity contribution in [3.63, 3.8) is 0 Å². The van der Waals surface area contributed by atoms with E-state index in [0.717, 1.165) is 42.9 Å². The normalized spacial score (nSPS) is 11.4. The van der Waals surface area contributed by atoms with Crippen molar-refractivity contribution in [2.45, 2.75) is 26.8 Å².